The van der Waals surface area contributed by atoms with Gasteiger partial charge in [-0.15, -0.1) is 5.10 Å². The first-order valence-electron chi connectivity index (χ1n) is 11.1. The summed E-state index contributed by atoms with van der Waals surface area (Å²) in [6, 6.07) is 0.268. The Morgan fingerprint density at radius 2 is 2.21 bits per heavy atom. The van der Waals surface area contributed by atoms with Gasteiger partial charge in [0, 0.05) is 26.2 Å². The molecule has 2 heterocycles. The number of carbonyl (C=O) groups is 1. The molecule has 0 saturated carbocycles. The molecule has 1 fully saturated rings. The van der Waals surface area contributed by atoms with Gasteiger partial charge in [-0.1, -0.05) is 30.2 Å². The number of likely N-dealkylation sites (tertiary alicyclic amines) is 1. The van der Waals surface area contributed by atoms with Crippen LogP contribution in [0.4, 0.5) is 0 Å². The van der Waals surface area contributed by atoms with Crippen molar-refractivity contribution < 1.29 is 9.90 Å². The van der Waals surface area contributed by atoms with E-state index in [9.17, 15) is 4.79 Å². The van der Waals surface area contributed by atoms with Gasteiger partial charge in [0.25, 0.3) is 5.91 Å². The fraction of sp³-hybridized carbons (Fsp3) is 0.773. The molecule has 0 spiro atoms. The topological polar surface area (TPSA) is 83.3 Å². The van der Waals surface area contributed by atoms with Crippen molar-refractivity contribution in [3.8, 4) is 0 Å². The molecule has 29 heavy (non-hydrogen) atoms. The first-order valence-corrected chi connectivity index (χ1v) is 11.1. The van der Waals surface area contributed by atoms with Gasteiger partial charge < -0.3 is 15.3 Å². The Morgan fingerprint density at radius 1 is 1.38 bits per heavy atom. The van der Waals surface area contributed by atoms with Gasteiger partial charge in [0.05, 0.1) is 12.2 Å². The second-order valence-corrected chi connectivity index (χ2v) is 9.26. The van der Waals surface area contributed by atoms with Gasteiger partial charge in [0.1, 0.15) is 0 Å². The first kappa shape index (κ1) is 22.0. The average molecular weight is 404 g/mol. The number of carbonyl (C=O) groups excluding carboxylic acids is 1. The number of nitrogens with one attached hydrogen (secondary N) is 1. The van der Waals surface area contributed by atoms with Crippen LogP contribution in [0.15, 0.2) is 17.3 Å². The molecule has 1 aliphatic carbocycles. The van der Waals surface area contributed by atoms with Crippen molar-refractivity contribution >= 4 is 5.91 Å². The highest BCUT2D eigenvalue weighted by molar-refractivity contribution is 5.91. The minimum absolute atomic E-state index is 0.0679. The molecule has 1 amide bonds. The molecular weight excluding hydrogens is 366 g/mol. The van der Waals surface area contributed by atoms with Gasteiger partial charge in [0.15, 0.2) is 5.69 Å². The molecule has 162 valence electrons. The number of piperidine rings is 1. The van der Waals surface area contributed by atoms with E-state index in [2.05, 4.69) is 41.3 Å². The van der Waals surface area contributed by atoms with Gasteiger partial charge >= 0.3 is 0 Å². The van der Waals surface area contributed by atoms with Gasteiger partial charge in [-0.05, 0) is 63.8 Å². The summed E-state index contributed by atoms with van der Waals surface area (Å²) >= 11 is 0. The second kappa shape index (κ2) is 9.85. The number of hydrogen-bond acceptors (Lipinski definition) is 5. The monoisotopic (exact) mass is 403 g/mol. The molecule has 0 aromatic carbocycles. The largest absolute Gasteiger partial charge is 0.396 e. The number of aliphatic hydroxyl groups excluding tert-OH is 1. The van der Waals surface area contributed by atoms with Crippen LogP contribution < -0.4 is 5.32 Å². The molecule has 1 aromatic heterocycles. The van der Waals surface area contributed by atoms with Crippen LogP contribution >= 0.6 is 0 Å². The number of allylic oxidation sites excluding steroid dienone is 1. The van der Waals surface area contributed by atoms with Crippen LogP contribution in [0, 0.1) is 5.41 Å². The van der Waals surface area contributed by atoms with Crippen LogP contribution in [0.5, 0.6) is 0 Å². The lowest BCUT2D eigenvalue weighted by atomic mass is 9.71. The fourth-order valence-electron chi connectivity index (χ4n) is 4.88. The van der Waals surface area contributed by atoms with Crippen molar-refractivity contribution in [2.75, 3.05) is 32.8 Å². The van der Waals surface area contributed by atoms with E-state index in [4.69, 9.17) is 5.11 Å². The molecule has 1 saturated heterocycles. The number of hydrogen-bond donors (Lipinski definition) is 2. The Hall–Kier alpha value is -1.73. The normalized spacial score (nSPS) is 22.7. The summed E-state index contributed by atoms with van der Waals surface area (Å²) in [6.45, 7) is 10.8. The third-order valence-corrected chi connectivity index (χ3v) is 6.58. The Morgan fingerprint density at radius 3 is 2.97 bits per heavy atom. The number of nitrogens with zero attached hydrogens (tertiary/aromatic N) is 4. The summed E-state index contributed by atoms with van der Waals surface area (Å²) in [5.74, 6) is -0.223. The van der Waals surface area contributed by atoms with E-state index in [0.717, 1.165) is 38.9 Å². The third-order valence-electron chi connectivity index (χ3n) is 6.58. The van der Waals surface area contributed by atoms with Gasteiger partial charge in [0.2, 0.25) is 0 Å². The van der Waals surface area contributed by atoms with Gasteiger partial charge in [-0.2, -0.15) is 0 Å². The Kier molecular flexibility index (Phi) is 7.46. The van der Waals surface area contributed by atoms with E-state index in [-0.39, 0.29) is 18.6 Å². The lowest BCUT2D eigenvalue weighted by Gasteiger charge is -2.37. The fourth-order valence-corrected chi connectivity index (χ4v) is 4.88. The standard InChI is InChI=1S/C22H37N5O2/c1-17-7-4-10-22(2,3)19(17)9-13-26-12-5-8-18(15-26)27-16-20(24-25-27)21(29)23-11-6-14-28/h16,18,28H,4-15H2,1-3H3,(H,23,29)/t18-/m0/s1. The summed E-state index contributed by atoms with van der Waals surface area (Å²) in [5.41, 5.74) is 3.95. The summed E-state index contributed by atoms with van der Waals surface area (Å²) in [6.07, 6.45) is 9.54. The summed E-state index contributed by atoms with van der Waals surface area (Å²) in [4.78, 5) is 14.7. The van der Waals surface area contributed by atoms with Gasteiger partial charge in [-0.3, -0.25) is 4.79 Å². The van der Waals surface area contributed by atoms with E-state index < -0.39 is 0 Å². The maximum Gasteiger partial charge on any atom is 0.273 e. The maximum atomic E-state index is 12.1. The lowest BCUT2D eigenvalue weighted by Crippen LogP contribution is -2.38. The van der Waals surface area contributed by atoms with Crippen LogP contribution in [0.1, 0.15) is 82.2 Å². The zero-order valence-electron chi connectivity index (χ0n) is 18.3. The quantitative estimate of drug-likeness (QED) is 0.515. The number of aliphatic hydroxyl groups is 1. The maximum absolute atomic E-state index is 12.1. The predicted octanol–water partition coefficient (Wildman–Crippen LogP) is 2.94. The predicted molar refractivity (Wildman–Crippen MR) is 114 cm³/mol. The van der Waals surface area contributed by atoms with Gasteiger partial charge in [-0.25, -0.2) is 4.68 Å². The molecule has 1 atom stereocenters. The van der Waals surface area contributed by atoms with Crippen molar-refractivity contribution in [2.24, 2.45) is 5.41 Å². The summed E-state index contributed by atoms with van der Waals surface area (Å²) < 4.78 is 1.86. The number of rotatable bonds is 8. The van der Waals surface area contributed by atoms with E-state index in [1.165, 1.54) is 19.3 Å². The van der Waals surface area contributed by atoms with Crippen molar-refractivity contribution in [2.45, 2.75) is 71.8 Å². The average Bonchev–Trinajstić information content (AvgIpc) is 3.18. The number of aromatic nitrogens is 3. The molecule has 2 N–H and O–H groups in total. The highest BCUT2D eigenvalue weighted by atomic mass is 16.3. The van der Waals surface area contributed by atoms with Crippen LogP contribution in [-0.2, 0) is 0 Å². The molecule has 1 aromatic rings. The highest BCUT2D eigenvalue weighted by Crippen LogP contribution is 2.41. The first-order chi connectivity index (χ1) is 13.9. The molecule has 7 heteroatoms. The molecule has 3 rings (SSSR count). The summed E-state index contributed by atoms with van der Waals surface area (Å²) in [5, 5.41) is 19.9. The highest BCUT2D eigenvalue weighted by Gasteiger charge is 2.29. The Bertz CT molecular complexity index is 725. The van der Waals surface area contributed by atoms with Crippen molar-refractivity contribution in [1.29, 1.82) is 0 Å². The van der Waals surface area contributed by atoms with Crippen LogP contribution in [0.3, 0.4) is 0 Å². The zero-order valence-corrected chi connectivity index (χ0v) is 18.3. The smallest absolute Gasteiger partial charge is 0.273 e. The van der Waals surface area contributed by atoms with Crippen molar-refractivity contribution in [3.63, 3.8) is 0 Å². The molecular formula is C22H37N5O2. The molecule has 0 radical (unpaired) electrons. The van der Waals surface area contributed by atoms with E-state index >= 15 is 0 Å². The van der Waals surface area contributed by atoms with Crippen LogP contribution in [0.2, 0.25) is 0 Å². The lowest BCUT2D eigenvalue weighted by molar-refractivity contribution is 0.0946. The van der Waals surface area contributed by atoms with E-state index in [1.807, 2.05) is 4.68 Å². The molecule has 0 unspecified atom stereocenters. The minimum atomic E-state index is -0.223. The summed E-state index contributed by atoms with van der Waals surface area (Å²) in [7, 11) is 0. The molecule has 7 nitrogen and oxygen atoms in total. The Labute approximate surface area is 174 Å². The van der Waals surface area contributed by atoms with Crippen LogP contribution in [-0.4, -0.2) is 63.7 Å². The third kappa shape index (κ3) is 5.66. The molecule has 0 bridgehead atoms. The van der Waals surface area contributed by atoms with Crippen LogP contribution in [0.25, 0.3) is 0 Å². The zero-order chi connectivity index (χ0) is 20.9. The van der Waals surface area contributed by atoms with Crippen molar-refractivity contribution in [3.05, 3.63) is 23.0 Å². The SMILES string of the molecule is CC1=C(CCN2CCC[C@H](n3cc(C(=O)NCCCO)nn3)C2)C(C)(C)CCC1. The Balaban J connectivity index is 1.55. The second-order valence-electron chi connectivity index (χ2n) is 9.26. The number of amides is 1. The molecule has 2 aliphatic rings. The van der Waals surface area contributed by atoms with E-state index in [0.29, 0.717) is 24.1 Å². The van der Waals surface area contributed by atoms with E-state index in [1.54, 1.807) is 17.3 Å². The molecule has 1 aliphatic heterocycles. The van der Waals surface area contributed by atoms with Crippen molar-refractivity contribution in [1.82, 2.24) is 25.2 Å². The minimum Gasteiger partial charge on any atom is -0.396 e.